The van der Waals surface area contributed by atoms with E-state index in [4.69, 9.17) is 30.4 Å². The summed E-state index contributed by atoms with van der Waals surface area (Å²) >= 11 is -4.24. The molecule has 0 aromatic heterocycles. The monoisotopic (exact) mass is 592 g/mol. The minimum absolute atomic E-state index is 0.569. The van der Waals surface area contributed by atoms with Gasteiger partial charge in [0.1, 0.15) is 0 Å². The maximum absolute atomic E-state index is 6.20. The fourth-order valence-corrected chi connectivity index (χ4v) is 9.90. The van der Waals surface area contributed by atoms with Crippen LogP contribution in [0.3, 0.4) is 0 Å². The Morgan fingerprint density at radius 3 is 0.759 bits per heavy atom. The molecule has 0 saturated carbocycles. The fraction of sp³-hybridized carbons (Fsp3) is 1.00. The molecule has 0 aromatic carbocycles. The Labute approximate surface area is 184 Å². The molecular weight excluding hydrogens is 547 g/mol. The summed E-state index contributed by atoms with van der Waals surface area (Å²) < 4.78 is 45.3. The number of methoxy groups -OCH3 is 4. The van der Waals surface area contributed by atoms with Crippen LogP contribution in [0.5, 0.6) is 0 Å². The summed E-state index contributed by atoms with van der Waals surface area (Å²) in [6.07, 6.45) is 7.33. The molecule has 0 aliphatic carbocycles. The van der Waals surface area contributed by atoms with Crippen LogP contribution in [0.1, 0.15) is 51.4 Å². The predicted octanol–water partition coefficient (Wildman–Crippen LogP) is 3.57. The van der Waals surface area contributed by atoms with Crippen molar-refractivity contribution < 1.29 is 52.1 Å². The van der Waals surface area contributed by atoms with Gasteiger partial charge < -0.3 is 0 Å². The van der Waals surface area contributed by atoms with E-state index in [1.54, 1.807) is 28.4 Å². The summed E-state index contributed by atoms with van der Waals surface area (Å²) in [5.74, 6) is 0. The van der Waals surface area contributed by atoms with Gasteiger partial charge in [0.25, 0.3) is 0 Å². The molecule has 176 valence electrons. The summed E-state index contributed by atoms with van der Waals surface area (Å²) in [7, 11) is 6.84. The summed E-state index contributed by atoms with van der Waals surface area (Å²) in [4.78, 5) is 0. The molecule has 0 spiro atoms. The van der Waals surface area contributed by atoms with Crippen LogP contribution >= 0.6 is 0 Å². The van der Waals surface area contributed by atoms with Crippen LogP contribution in [-0.4, -0.2) is 81.3 Å². The van der Waals surface area contributed by atoms with Crippen LogP contribution in [-0.2, 0) is 52.1 Å². The Bertz CT molecular complexity index is 261. The number of hydrogen-bond donors (Lipinski definition) is 0. The molecule has 0 amide bonds. The van der Waals surface area contributed by atoms with Crippen molar-refractivity contribution in [2.45, 2.75) is 51.4 Å². The average molecular weight is 591 g/mol. The first-order valence-corrected chi connectivity index (χ1v) is 16.6. The van der Waals surface area contributed by atoms with Crippen molar-refractivity contribution in [3.05, 3.63) is 0 Å². The topological polar surface area (TPSA) is 73.8 Å². The third-order valence-corrected chi connectivity index (χ3v) is 12.1. The third kappa shape index (κ3) is 19.0. The zero-order valence-corrected chi connectivity index (χ0v) is 22.7. The van der Waals surface area contributed by atoms with Crippen molar-refractivity contribution in [3.63, 3.8) is 0 Å². The van der Waals surface area contributed by atoms with E-state index in [9.17, 15) is 0 Å². The van der Waals surface area contributed by atoms with Crippen LogP contribution in [0.15, 0.2) is 0 Å². The first-order valence-electron chi connectivity index (χ1n) is 10.8. The number of ether oxygens (including phenoxy) is 4. The van der Waals surface area contributed by atoms with Crippen molar-refractivity contribution in [1.82, 2.24) is 0 Å². The average Bonchev–Trinajstić information content (AvgIpc) is 2.73. The molecule has 0 fully saturated rings. The molecule has 0 saturated heterocycles. The van der Waals surface area contributed by atoms with Gasteiger partial charge in [-0.15, -0.1) is 0 Å². The van der Waals surface area contributed by atoms with E-state index in [1.165, 1.54) is 0 Å². The van der Waals surface area contributed by atoms with E-state index in [1.807, 2.05) is 0 Å². The van der Waals surface area contributed by atoms with E-state index in [0.29, 0.717) is 26.4 Å². The van der Waals surface area contributed by atoms with Crippen LogP contribution in [0.4, 0.5) is 0 Å². The molecule has 0 atom stereocenters. The van der Waals surface area contributed by atoms with Gasteiger partial charge in [-0.25, -0.2) is 0 Å². The van der Waals surface area contributed by atoms with Gasteiger partial charge in [0.05, 0.1) is 0 Å². The second-order valence-electron chi connectivity index (χ2n) is 6.69. The Morgan fingerprint density at radius 1 is 0.345 bits per heavy atom. The molecule has 8 nitrogen and oxygen atoms in total. The second kappa shape index (κ2) is 23.2. The number of rotatable bonds is 24. The van der Waals surface area contributed by atoms with Gasteiger partial charge in [-0.1, -0.05) is 0 Å². The molecule has 0 heterocycles. The van der Waals surface area contributed by atoms with Crippen molar-refractivity contribution in [3.8, 4) is 0 Å². The molecule has 0 aliphatic heterocycles. The van der Waals surface area contributed by atoms with Crippen LogP contribution in [0.2, 0.25) is 0 Å². The quantitative estimate of drug-likeness (QED) is 0.125. The molecular formula is C20H44HfO8. The Kier molecular flexibility index (Phi) is 23.7. The van der Waals surface area contributed by atoms with Crippen molar-refractivity contribution in [1.29, 1.82) is 0 Å². The maximum atomic E-state index is 6.20. The SMILES string of the molecule is COCCCC[O][Hf]([O]CCCCOC)([O]CCCCOC)[O]CCCCOC. The Hall–Kier alpha value is 0.550. The fourth-order valence-electron chi connectivity index (χ4n) is 2.43. The Balaban J connectivity index is 4.69. The molecule has 0 unspecified atom stereocenters. The molecule has 0 N–H and O–H groups in total. The first kappa shape index (κ1) is 29.6. The van der Waals surface area contributed by atoms with E-state index in [-0.39, 0.29) is 0 Å². The van der Waals surface area contributed by atoms with Gasteiger partial charge in [0, 0.05) is 0 Å². The van der Waals surface area contributed by atoms with E-state index < -0.39 is 21.7 Å². The number of unbranched alkanes of at least 4 members (excludes halogenated alkanes) is 4. The molecule has 9 heteroatoms. The van der Waals surface area contributed by atoms with Gasteiger partial charge in [0.15, 0.2) is 0 Å². The third-order valence-electron chi connectivity index (χ3n) is 4.09. The molecule has 0 aromatic rings. The first-order chi connectivity index (χ1) is 14.2. The molecule has 29 heavy (non-hydrogen) atoms. The van der Waals surface area contributed by atoms with E-state index in [0.717, 1.165) is 77.8 Å². The zero-order chi connectivity index (χ0) is 21.5. The van der Waals surface area contributed by atoms with E-state index in [2.05, 4.69) is 0 Å². The van der Waals surface area contributed by atoms with Gasteiger partial charge in [-0.2, -0.15) is 0 Å². The van der Waals surface area contributed by atoms with Gasteiger partial charge in [0.2, 0.25) is 0 Å². The van der Waals surface area contributed by atoms with Crippen molar-refractivity contribution in [2.75, 3.05) is 81.3 Å². The summed E-state index contributed by atoms with van der Waals surface area (Å²) in [6.45, 7) is 5.17. The summed E-state index contributed by atoms with van der Waals surface area (Å²) in [6, 6.07) is 0. The van der Waals surface area contributed by atoms with Gasteiger partial charge >= 0.3 is 185 Å². The van der Waals surface area contributed by atoms with Crippen molar-refractivity contribution in [2.24, 2.45) is 0 Å². The normalized spacial score (nSPS) is 12.0. The summed E-state index contributed by atoms with van der Waals surface area (Å²) in [5.41, 5.74) is 0. The van der Waals surface area contributed by atoms with Crippen LogP contribution in [0.25, 0.3) is 0 Å². The van der Waals surface area contributed by atoms with Gasteiger partial charge in [-0.05, 0) is 0 Å². The van der Waals surface area contributed by atoms with Crippen LogP contribution in [0, 0.1) is 0 Å². The second-order valence-corrected chi connectivity index (χ2v) is 14.4. The standard InChI is InChI=1S/4C5H11O2.Hf/c4*1-7-5-3-2-4-6;/h4*2-5H2,1H3;/q4*-1;+4. The minimum atomic E-state index is -4.24. The van der Waals surface area contributed by atoms with E-state index >= 15 is 0 Å². The summed E-state index contributed by atoms with van der Waals surface area (Å²) in [5, 5.41) is 0. The Morgan fingerprint density at radius 2 is 0.552 bits per heavy atom. The van der Waals surface area contributed by atoms with Crippen molar-refractivity contribution >= 4 is 0 Å². The number of hydrogen-bond acceptors (Lipinski definition) is 8. The zero-order valence-electron chi connectivity index (χ0n) is 19.1. The predicted molar refractivity (Wildman–Crippen MR) is 108 cm³/mol. The van der Waals surface area contributed by atoms with Gasteiger partial charge in [-0.3, -0.25) is 0 Å². The molecule has 0 radical (unpaired) electrons. The molecule has 0 aliphatic rings. The molecule has 0 rings (SSSR count). The van der Waals surface area contributed by atoms with Crippen LogP contribution < -0.4 is 0 Å². The molecule has 0 bridgehead atoms.